The van der Waals surface area contributed by atoms with Crippen LogP contribution in [-0.4, -0.2) is 39.3 Å². The van der Waals surface area contributed by atoms with E-state index in [9.17, 15) is 4.79 Å². The quantitative estimate of drug-likeness (QED) is 0.288. The fourth-order valence-corrected chi connectivity index (χ4v) is 4.54. The van der Waals surface area contributed by atoms with E-state index in [0.717, 1.165) is 27.6 Å². The van der Waals surface area contributed by atoms with Gasteiger partial charge < -0.3 is 24.3 Å². The van der Waals surface area contributed by atoms with E-state index in [2.05, 4.69) is 10.3 Å². The first kappa shape index (κ1) is 25.8. The van der Waals surface area contributed by atoms with Gasteiger partial charge in [-0.2, -0.15) is 0 Å². The van der Waals surface area contributed by atoms with E-state index in [0.29, 0.717) is 41.5 Å². The maximum atomic E-state index is 13.4. The summed E-state index contributed by atoms with van der Waals surface area (Å²) in [6.07, 6.45) is 2.89. The highest BCUT2D eigenvalue weighted by Crippen LogP contribution is 2.37. The van der Waals surface area contributed by atoms with Crippen molar-refractivity contribution < 1.29 is 23.7 Å². The van der Waals surface area contributed by atoms with E-state index >= 15 is 0 Å². The third kappa shape index (κ3) is 5.45. The van der Waals surface area contributed by atoms with Crippen LogP contribution in [0, 0.1) is 0 Å². The lowest BCUT2D eigenvalue weighted by Gasteiger charge is -2.20. The molecule has 1 N–H and O–H groups in total. The van der Waals surface area contributed by atoms with Crippen LogP contribution < -0.4 is 24.3 Å². The summed E-state index contributed by atoms with van der Waals surface area (Å²) < 4.78 is 22.1. The molecule has 4 aromatic rings. The zero-order valence-electron chi connectivity index (χ0n) is 21.8. The number of ether oxygens (including phenoxy) is 4. The van der Waals surface area contributed by atoms with Crippen molar-refractivity contribution in [2.45, 2.75) is 25.7 Å². The van der Waals surface area contributed by atoms with Crippen molar-refractivity contribution in [2.24, 2.45) is 0 Å². The number of nitrogens with zero attached hydrogens (tertiary/aromatic N) is 1. The Morgan fingerprint density at radius 1 is 0.838 bits per heavy atom. The van der Waals surface area contributed by atoms with Crippen molar-refractivity contribution in [3.63, 3.8) is 0 Å². The summed E-state index contributed by atoms with van der Waals surface area (Å²) in [5.74, 6) is 2.02. The number of methoxy groups -OCH3 is 4. The van der Waals surface area contributed by atoms with Crippen LogP contribution in [0.4, 0.5) is 5.69 Å². The number of pyridine rings is 1. The smallest absolute Gasteiger partial charge is 0.231 e. The minimum Gasteiger partial charge on any atom is -0.493 e. The van der Waals surface area contributed by atoms with E-state index in [4.69, 9.17) is 18.9 Å². The molecule has 7 nitrogen and oxygen atoms in total. The monoisotopic (exact) mass is 500 g/mol. The van der Waals surface area contributed by atoms with E-state index in [-0.39, 0.29) is 11.8 Å². The van der Waals surface area contributed by atoms with Crippen LogP contribution in [-0.2, 0) is 11.2 Å². The van der Waals surface area contributed by atoms with Crippen molar-refractivity contribution in [1.82, 2.24) is 4.98 Å². The molecule has 0 aliphatic rings. The van der Waals surface area contributed by atoms with E-state index in [1.165, 1.54) is 0 Å². The SMILES string of the molecule is CC[C@@H](C(=O)Nc1cc(OC)c(OC)cc1Cc1nccc2cc(OC)c(OC)cc12)c1ccccc1. The third-order valence-electron chi connectivity index (χ3n) is 6.50. The van der Waals surface area contributed by atoms with Crippen molar-refractivity contribution >= 4 is 22.4 Å². The van der Waals surface area contributed by atoms with Gasteiger partial charge in [0.25, 0.3) is 0 Å². The third-order valence-corrected chi connectivity index (χ3v) is 6.50. The second-order valence-corrected chi connectivity index (χ2v) is 8.59. The number of anilines is 1. The molecule has 4 rings (SSSR count). The molecule has 1 heterocycles. The molecule has 0 bridgehead atoms. The highest BCUT2D eigenvalue weighted by Gasteiger charge is 2.22. The van der Waals surface area contributed by atoms with Gasteiger partial charge >= 0.3 is 0 Å². The fraction of sp³-hybridized carbons (Fsp3) is 0.267. The van der Waals surface area contributed by atoms with Crippen molar-refractivity contribution in [1.29, 1.82) is 0 Å². The summed E-state index contributed by atoms with van der Waals surface area (Å²) in [5, 5.41) is 5.06. The fourth-order valence-electron chi connectivity index (χ4n) is 4.54. The number of fused-ring (bicyclic) bond motifs is 1. The van der Waals surface area contributed by atoms with Crippen LogP contribution in [0.5, 0.6) is 23.0 Å². The number of carbonyl (C=O) groups excluding carboxylic acids is 1. The molecule has 37 heavy (non-hydrogen) atoms. The summed E-state index contributed by atoms with van der Waals surface area (Å²) in [5.41, 5.74) is 3.30. The Kier molecular flexibility index (Phi) is 8.13. The number of benzene rings is 3. The molecule has 3 aromatic carbocycles. The molecule has 0 fully saturated rings. The Labute approximate surface area is 217 Å². The van der Waals surface area contributed by atoms with Gasteiger partial charge in [-0.25, -0.2) is 0 Å². The molecule has 0 saturated carbocycles. The summed E-state index contributed by atoms with van der Waals surface area (Å²) >= 11 is 0. The Morgan fingerprint density at radius 3 is 2.11 bits per heavy atom. The first-order valence-corrected chi connectivity index (χ1v) is 12.1. The number of rotatable bonds is 10. The molecule has 0 radical (unpaired) electrons. The molecule has 0 aliphatic heterocycles. The van der Waals surface area contributed by atoms with Crippen LogP contribution >= 0.6 is 0 Å². The Bertz CT molecular complexity index is 1390. The summed E-state index contributed by atoms with van der Waals surface area (Å²) in [7, 11) is 6.39. The van der Waals surface area contributed by atoms with Crippen LogP contribution in [0.25, 0.3) is 10.8 Å². The zero-order chi connectivity index (χ0) is 26.4. The molecule has 0 aliphatic carbocycles. The zero-order valence-corrected chi connectivity index (χ0v) is 21.8. The lowest BCUT2D eigenvalue weighted by atomic mass is 9.95. The minimum atomic E-state index is -0.283. The number of amides is 1. The van der Waals surface area contributed by atoms with Gasteiger partial charge in [-0.1, -0.05) is 37.3 Å². The molecule has 1 amide bonds. The normalized spacial score (nSPS) is 11.6. The van der Waals surface area contributed by atoms with E-state index < -0.39 is 0 Å². The number of carbonyl (C=O) groups is 1. The molecular formula is C30H32N2O5. The summed E-state index contributed by atoms with van der Waals surface area (Å²) in [6, 6.07) is 19.3. The average Bonchev–Trinajstić information content (AvgIpc) is 2.93. The van der Waals surface area contributed by atoms with E-state index in [1.807, 2.05) is 61.5 Å². The molecular weight excluding hydrogens is 468 g/mol. The second-order valence-electron chi connectivity index (χ2n) is 8.59. The van der Waals surface area contributed by atoms with Crippen LogP contribution in [0.1, 0.15) is 36.1 Å². The van der Waals surface area contributed by atoms with Crippen LogP contribution in [0.15, 0.2) is 66.9 Å². The predicted molar refractivity (Wildman–Crippen MR) is 145 cm³/mol. The Hall–Kier alpha value is -4.26. The van der Waals surface area contributed by atoms with Gasteiger partial charge in [0, 0.05) is 29.8 Å². The Balaban J connectivity index is 1.76. The predicted octanol–water partition coefficient (Wildman–Crippen LogP) is 5.99. The molecule has 0 spiro atoms. The van der Waals surface area contributed by atoms with Crippen molar-refractivity contribution in [3.8, 4) is 23.0 Å². The van der Waals surface area contributed by atoms with Gasteiger partial charge in [0.15, 0.2) is 23.0 Å². The van der Waals surface area contributed by atoms with Gasteiger partial charge in [0.2, 0.25) is 5.91 Å². The average molecular weight is 501 g/mol. The van der Waals surface area contributed by atoms with Crippen LogP contribution in [0.2, 0.25) is 0 Å². The maximum Gasteiger partial charge on any atom is 0.231 e. The number of hydrogen-bond donors (Lipinski definition) is 1. The number of aromatic nitrogens is 1. The molecule has 0 unspecified atom stereocenters. The molecule has 1 aromatic heterocycles. The molecule has 0 saturated heterocycles. The highest BCUT2D eigenvalue weighted by molar-refractivity contribution is 5.97. The standard InChI is InChI=1S/C30H32N2O5/c1-6-22(19-10-8-7-9-11-19)30(33)32-24-18-29(37-5)27(35-3)16-21(24)14-25-23-17-28(36-4)26(34-2)15-20(23)12-13-31-25/h7-13,15-18,22H,6,14H2,1-5H3,(H,32,33)/t22-/m1/s1. The number of nitrogens with one attached hydrogen (secondary N) is 1. The van der Waals surface area contributed by atoms with Gasteiger partial charge in [-0.05, 0) is 47.2 Å². The summed E-state index contributed by atoms with van der Waals surface area (Å²) in [6.45, 7) is 2.01. The number of hydrogen-bond acceptors (Lipinski definition) is 6. The van der Waals surface area contributed by atoms with Gasteiger partial charge in [0.1, 0.15) is 0 Å². The largest absolute Gasteiger partial charge is 0.493 e. The van der Waals surface area contributed by atoms with E-state index in [1.54, 1.807) is 40.7 Å². The van der Waals surface area contributed by atoms with Gasteiger partial charge in [-0.15, -0.1) is 0 Å². The Morgan fingerprint density at radius 2 is 1.46 bits per heavy atom. The maximum absolute atomic E-state index is 13.4. The highest BCUT2D eigenvalue weighted by atomic mass is 16.5. The molecule has 1 atom stereocenters. The van der Waals surface area contributed by atoms with Crippen LogP contribution in [0.3, 0.4) is 0 Å². The minimum absolute atomic E-state index is 0.0838. The van der Waals surface area contributed by atoms with Crippen molar-refractivity contribution in [2.75, 3.05) is 33.8 Å². The lowest BCUT2D eigenvalue weighted by molar-refractivity contribution is -0.117. The van der Waals surface area contributed by atoms with Gasteiger partial charge in [-0.3, -0.25) is 9.78 Å². The van der Waals surface area contributed by atoms with Gasteiger partial charge in [0.05, 0.1) is 40.1 Å². The lowest BCUT2D eigenvalue weighted by Crippen LogP contribution is -2.21. The first-order chi connectivity index (χ1) is 18.0. The topological polar surface area (TPSA) is 78.9 Å². The molecule has 192 valence electrons. The summed E-state index contributed by atoms with van der Waals surface area (Å²) in [4.78, 5) is 18.1. The second kappa shape index (κ2) is 11.6. The van der Waals surface area contributed by atoms with Crippen molar-refractivity contribution in [3.05, 3.63) is 83.7 Å². The molecule has 7 heteroatoms. The first-order valence-electron chi connectivity index (χ1n) is 12.1.